The van der Waals surface area contributed by atoms with Crippen LogP contribution in [0.15, 0.2) is 48.5 Å². The number of ether oxygens (including phenoxy) is 2. The molecule has 0 spiro atoms. The monoisotopic (exact) mass is 396 g/mol. The van der Waals surface area contributed by atoms with Gasteiger partial charge in [-0.2, -0.15) is 0 Å². The summed E-state index contributed by atoms with van der Waals surface area (Å²) in [5.41, 5.74) is 2.64. The zero-order valence-corrected chi connectivity index (χ0v) is 17.1. The van der Waals surface area contributed by atoms with Crippen molar-refractivity contribution < 1.29 is 19.1 Å². The Bertz CT molecular complexity index is 827. The van der Waals surface area contributed by atoms with Crippen LogP contribution in [-0.2, 0) is 22.7 Å². The number of esters is 1. The van der Waals surface area contributed by atoms with Crippen LogP contribution in [0.4, 0.5) is 0 Å². The third-order valence-electron chi connectivity index (χ3n) is 5.16. The standard InChI is InChI=1S/C23H28N2O4/c1-3-22(26)25-14-12-24(13-15-25)16-20-6-4-5-7-21(20)29-17-18-8-10-19(11-9-18)23(27)28-2/h4-11H,3,12-17H2,1-2H3. The van der Waals surface area contributed by atoms with Gasteiger partial charge in [0.1, 0.15) is 12.4 Å². The summed E-state index contributed by atoms with van der Waals surface area (Å²) in [7, 11) is 1.37. The molecule has 0 bridgehead atoms. The molecule has 0 atom stereocenters. The Labute approximate surface area is 172 Å². The Kier molecular flexibility index (Phi) is 7.25. The number of methoxy groups -OCH3 is 1. The summed E-state index contributed by atoms with van der Waals surface area (Å²) in [6.07, 6.45) is 0.567. The SMILES string of the molecule is CCC(=O)N1CCN(Cc2ccccc2OCc2ccc(C(=O)OC)cc2)CC1. The van der Waals surface area contributed by atoms with E-state index in [9.17, 15) is 9.59 Å². The maximum atomic E-state index is 11.8. The lowest BCUT2D eigenvalue weighted by atomic mass is 10.1. The van der Waals surface area contributed by atoms with Crippen LogP contribution >= 0.6 is 0 Å². The second-order valence-corrected chi connectivity index (χ2v) is 7.10. The molecule has 0 N–H and O–H groups in total. The number of hydrogen-bond acceptors (Lipinski definition) is 5. The summed E-state index contributed by atoms with van der Waals surface area (Å²) in [4.78, 5) is 27.7. The predicted molar refractivity (Wildman–Crippen MR) is 111 cm³/mol. The molecule has 0 unspecified atom stereocenters. The lowest BCUT2D eigenvalue weighted by Crippen LogP contribution is -2.48. The van der Waals surface area contributed by atoms with Crippen LogP contribution in [0.3, 0.4) is 0 Å². The van der Waals surface area contributed by atoms with E-state index in [2.05, 4.69) is 11.0 Å². The first-order chi connectivity index (χ1) is 14.1. The van der Waals surface area contributed by atoms with Gasteiger partial charge < -0.3 is 14.4 Å². The van der Waals surface area contributed by atoms with E-state index in [1.165, 1.54) is 7.11 Å². The molecule has 1 fully saturated rings. The summed E-state index contributed by atoms with van der Waals surface area (Å²) < 4.78 is 10.8. The zero-order valence-electron chi connectivity index (χ0n) is 17.1. The van der Waals surface area contributed by atoms with Crippen LogP contribution in [0.5, 0.6) is 5.75 Å². The number of amides is 1. The molecule has 0 aliphatic carbocycles. The highest BCUT2D eigenvalue weighted by Crippen LogP contribution is 2.22. The number of para-hydroxylation sites is 1. The Balaban J connectivity index is 1.57. The summed E-state index contributed by atoms with van der Waals surface area (Å²) in [6.45, 7) is 6.43. The fourth-order valence-electron chi connectivity index (χ4n) is 3.41. The lowest BCUT2D eigenvalue weighted by molar-refractivity contribution is -0.132. The van der Waals surface area contributed by atoms with Crippen molar-refractivity contribution in [1.82, 2.24) is 9.80 Å². The average Bonchev–Trinajstić information content (AvgIpc) is 2.78. The molecule has 2 aromatic rings. The molecular weight excluding hydrogens is 368 g/mol. The van der Waals surface area contributed by atoms with E-state index in [4.69, 9.17) is 9.47 Å². The highest BCUT2D eigenvalue weighted by Gasteiger charge is 2.20. The molecule has 3 rings (SSSR count). The van der Waals surface area contributed by atoms with E-state index in [1.54, 1.807) is 12.1 Å². The number of carbonyl (C=O) groups excluding carboxylic acids is 2. The van der Waals surface area contributed by atoms with E-state index in [0.29, 0.717) is 18.6 Å². The molecule has 29 heavy (non-hydrogen) atoms. The maximum Gasteiger partial charge on any atom is 0.337 e. The number of benzene rings is 2. The van der Waals surface area contributed by atoms with Gasteiger partial charge in [-0.25, -0.2) is 4.79 Å². The van der Waals surface area contributed by atoms with Gasteiger partial charge in [-0.05, 0) is 23.8 Å². The molecule has 0 radical (unpaired) electrons. The Hall–Kier alpha value is -2.86. The van der Waals surface area contributed by atoms with Gasteiger partial charge >= 0.3 is 5.97 Å². The summed E-state index contributed by atoms with van der Waals surface area (Å²) in [5.74, 6) is 0.742. The smallest absolute Gasteiger partial charge is 0.337 e. The number of rotatable bonds is 7. The molecule has 6 heteroatoms. The van der Waals surface area contributed by atoms with Gasteiger partial charge in [-0.3, -0.25) is 9.69 Å². The first kappa shape index (κ1) is 20.9. The van der Waals surface area contributed by atoms with Crippen molar-refractivity contribution in [3.05, 3.63) is 65.2 Å². The Morgan fingerprint density at radius 3 is 2.31 bits per heavy atom. The number of hydrogen-bond donors (Lipinski definition) is 0. The third-order valence-corrected chi connectivity index (χ3v) is 5.16. The molecule has 2 aromatic carbocycles. The van der Waals surface area contributed by atoms with Crippen molar-refractivity contribution in [2.24, 2.45) is 0 Å². The molecule has 0 aromatic heterocycles. The molecular formula is C23H28N2O4. The second-order valence-electron chi connectivity index (χ2n) is 7.10. The second kappa shape index (κ2) is 10.1. The van der Waals surface area contributed by atoms with Crippen LogP contribution in [0.25, 0.3) is 0 Å². The molecule has 1 saturated heterocycles. The van der Waals surface area contributed by atoms with E-state index in [1.807, 2.05) is 42.2 Å². The van der Waals surface area contributed by atoms with Crippen LogP contribution in [0.2, 0.25) is 0 Å². The number of nitrogens with zero attached hydrogens (tertiary/aromatic N) is 2. The van der Waals surface area contributed by atoms with Gasteiger partial charge in [-0.1, -0.05) is 37.3 Å². The summed E-state index contributed by atoms with van der Waals surface area (Å²) in [6, 6.07) is 15.3. The highest BCUT2D eigenvalue weighted by atomic mass is 16.5. The first-order valence-corrected chi connectivity index (χ1v) is 9.98. The molecule has 0 saturated carbocycles. The minimum absolute atomic E-state index is 0.228. The largest absolute Gasteiger partial charge is 0.489 e. The van der Waals surface area contributed by atoms with Gasteiger partial charge in [0.15, 0.2) is 0 Å². The summed E-state index contributed by atoms with van der Waals surface area (Å²) in [5, 5.41) is 0. The Morgan fingerprint density at radius 1 is 0.966 bits per heavy atom. The molecule has 1 aliphatic rings. The average molecular weight is 396 g/mol. The van der Waals surface area contributed by atoms with Crippen molar-refractivity contribution >= 4 is 11.9 Å². The van der Waals surface area contributed by atoms with Crippen molar-refractivity contribution in [3.8, 4) is 5.75 Å². The van der Waals surface area contributed by atoms with Crippen molar-refractivity contribution in [2.45, 2.75) is 26.5 Å². The van der Waals surface area contributed by atoms with Crippen molar-refractivity contribution in [2.75, 3.05) is 33.3 Å². The maximum absolute atomic E-state index is 11.8. The molecule has 1 heterocycles. The lowest BCUT2D eigenvalue weighted by Gasteiger charge is -2.34. The van der Waals surface area contributed by atoms with Crippen LogP contribution in [-0.4, -0.2) is 55.0 Å². The molecule has 1 amide bonds. The Morgan fingerprint density at radius 2 is 1.66 bits per heavy atom. The normalized spacial score (nSPS) is 14.5. The highest BCUT2D eigenvalue weighted by molar-refractivity contribution is 5.89. The third kappa shape index (κ3) is 5.57. The number of carbonyl (C=O) groups is 2. The van der Waals surface area contributed by atoms with Crippen LogP contribution in [0, 0.1) is 0 Å². The van der Waals surface area contributed by atoms with Gasteiger partial charge in [0, 0.05) is 44.7 Å². The van der Waals surface area contributed by atoms with Crippen molar-refractivity contribution in [1.29, 1.82) is 0 Å². The molecule has 6 nitrogen and oxygen atoms in total. The molecule has 154 valence electrons. The van der Waals surface area contributed by atoms with Crippen molar-refractivity contribution in [3.63, 3.8) is 0 Å². The first-order valence-electron chi connectivity index (χ1n) is 9.98. The topological polar surface area (TPSA) is 59.1 Å². The van der Waals surface area contributed by atoms with Crippen LogP contribution < -0.4 is 4.74 Å². The van der Waals surface area contributed by atoms with Gasteiger partial charge in [0.2, 0.25) is 5.91 Å². The van der Waals surface area contributed by atoms with Gasteiger partial charge in [-0.15, -0.1) is 0 Å². The fourth-order valence-corrected chi connectivity index (χ4v) is 3.41. The zero-order chi connectivity index (χ0) is 20.6. The van der Waals surface area contributed by atoms with E-state index in [-0.39, 0.29) is 11.9 Å². The minimum Gasteiger partial charge on any atom is -0.489 e. The fraction of sp³-hybridized carbons (Fsp3) is 0.391. The number of piperazine rings is 1. The minimum atomic E-state index is -0.344. The van der Waals surface area contributed by atoms with Crippen LogP contribution in [0.1, 0.15) is 34.8 Å². The van der Waals surface area contributed by atoms with Gasteiger partial charge in [0.25, 0.3) is 0 Å². The van der Waals surface area contributed by atoms with Gasteiger partial charge in [0.05, 0.1) is 12.7 Å². The quantitative estimate of drug-likeness (QED) is 0.673. The predicted octanol–water partition coefficient (Wildman–Crippen LogP) is 3.11. The van der Waals surface area contributed by atoms with E-state index in [0.717, 1.165) is 49.6 Å². The van der Waals surface area contributed by atoms with E-state index < -0.39 is 0 Å². The molecule has 1 aliphatic heterocycles. The summed E-state index contributed by atoms with van der Waals surface area (Å²) >= 11 is 0. The van der Waals surface area contributed by atoms with E-state index >= 15 is 0 Å².